The van der Waals surface area contributed by atoms with Crippen molar-refractivity contribution in [1.29, 1.82) is 5.26 Å². The second-order valence-corrected chi connectivity index (χ2v) is 3.04. The van der Waals surface area contributed by atoms with Gasteiger partial charge in [0.25, 0.3) is 0 Å². The van der Waals surface area contributed by atoms with Crippen molar-refractivity contribution in [3.05, 3.63) is 41.0 Å². The zero-order chi connectivity index (χ0) is 11.3. The fraction of sp³-hybridized carbons (Fsp3) is 0.167. The summed E-state index contributed by atoms with van der Waals surface area (Å²) in [5, 5.41) is 8.67. The predicted octanol–water partition coefficient (Wildman–Crippen LogP) is 2.05. The van der Waals surface area contributed by atoms with Crippen molar-refractivity contribution in [2.24, 2.45) is 0 Å². The molecule has 0 aliphatic carbocycles. The molecule has 0 saturated carbocycles. The van der Waals surface area contributed by atoms with Gasteiger partial charge < -0.3 is 4.74 Å². The lowest BCUT2D eigenvalue weighted by atomic mass is 10.1. The van der Waals surface area contributed by atoms with Crippen molar-refractivity contribution < 1.29 is 9.53 Å². The van der Waals surface area contributed by atoms with Gasteiger partial charge >= 0.3 is 5.97 Å². The maximum atomic E-state index is 10.9. The van der Waals surface area contributed by atoms with E-state index < -0.39 is 5.97 Å². The predicted molar refractivity (Wildman–Crippen MR) is 56.9 cm³/mol. The first-order chi connectivity index (χ1) is 7.17. The van der Waals surface area contributed by atoms with Crippen LogP contribution in [0.3, 0.4) is 0 Å². The molecule has 0 aromatic heterocycles. The number of hydrogen-bond acceptors (Lipinski definition) is 3. The quantitative estimate of drug-likeness (QED) is 0.543. The number of benzene rings is 1. The molecule has 0 radical (unpaired) electrons. The van der Waals surface area contributed by atoms with E-state index in [-0.39, 0.29) is 0 Å². The molecule has 0 amide bonds. The number of aryl methyl sites for hydroxylation is 1. The Morgan fingerprint density at radius 3 is 2.80 bits per heavy atom. The highest BCUT2D eigenvalue weighted by molar-refractivity contribution is 5.87. The van der Waals surface area contributed by atoms with E-state index in [1.807, 2.05) is 6.92 Å². The molecular formula is C12H11NO2. The number of carbonyl (C=O) groups is 1. The van der Waals surface area contributed by atoms with Crippen LogP contribution in [0, 0.1) is 18.3 Å². The molecule has 0 fully saturated rings. The Balaban J connectivity index is 2.93. The Bertz CT molecular complexity index is 441. The lowest BCUT2D eigenvalue weighted by Gasteiger charge is -1.99. The molecule has 3 nitrogen and oxygen atoms in total. The van der Waals surface area contributed by atoms with Gasteiger partial charge in [-0.1, -0.05) is 6.07 Å². The maximum absolute atomic E-state index is 10.9. The van der Waals surface area contributed by atoms with E-state index in [4.69, 9.17) is 5.26 Å². The molecule has 0 spiro atoms. The third kappa shape index (κ3) is 2.96. The van der Waals surface area contributed by atoms with Crippen molar-refractivity contribution in [2.45, 2.75) is 6.92 Å². The second-order valence-electron chi connectivity index (χ2n) is 3.04. The zero-order valence-corrected chi connectivity index (χ0v) is 8.65. The summed E-state index contributed by atoms with van der Waals surface area (Å²) in [7, 11) is 1.33. The van der Waals surface area contributed by atoms with E-state index in [2.05, 4.69) is 10.8 Å². The molecule has 3 heteroatoms. The van der Waals surface area contributed by atoms with E-state index in [0.29, 0.717) is 5.56 Å². The lowest BCUT2D eigenvalue weighted by molar-refractivity contribution is -0.134. The van der Waals surface area contributed by atoms with Crippen LogP contribution in [0.25, 0.3) is 6.08 Å². The van der Waals surface area contributed by atoms with Crippen LogP contribution in [-0.4, -0.2) is 13.1 Å². The van der Waals surface area contributed by atoms with Crippen LogP contribution in [0.15, 0.2) is 24.3 Å². The van der Waals surface area contributed by atoms with Gasteiger partial charge in [0.2, 0.25) is 0 Å². The molecule has 0 N–H and O–H groups in total. The largest absolute Gasteiger partial charge is 0.466 e. The highest BCUT2D eigenvalue weighted by Crippen LogP contribution is 2.12. The monoisotopic (exact) mass is 201 g/mol. The van der Waals surface area contributed by atoms with Crippen LogP contribution in [0.1, 0.15) is 16.7 Å². The summed E-state index contributed by atoms with van der Waals surface area (Å²) in [4.78, 5) is 10.9. The smallest absolute Gasteiger partial charge is 0.330 e. The number of carbonyl (C=O) groups excluding carboxylic acids is 1. The average molecular weight is 201 g/mol. The molecule has 0 aliphatic rings. The van der Waals surface area contributed by atoms with E-state index >= 15 is 0 Å². The molecule has 1 aromatic carbocycles. The first-order valence-electron chi connectivity index (χ1n) is 4.44. The third-order valence-corrected chi connectivity index (χ3v) is 2.00. The molecular weight excluding hydrogens is 190 g/mol. The van der Waals surface area contributed by atoms with Gasteiger partial charge in [0.1, 0.15) is 0 Å². The molecule has 0 aliphatic heterocycles. The van der Waals surface area contributed by atoms with Gasteiger partial charge in [-0.3, -0.25) is 0 Å². The fourth-order valence-corrected chi connectivity index (χ4v) is 1.16. The Hall–Kier alpha value is -2.08. The van der Waals surface area contributed by atoms with Crippen LogP contribution in [-0.2, 0) is 9.53 Å². The Morgan fingerprint density at radius 1 is 1.53 bits per heavy atom. The van der Waals surface area contributed by atoms with Gasteiger partial charge in [0.15, 0.2) is 0 Å². The SMILES string of the molecule is COC(=O)/C=C/c1ccc(C#N)cc1C. The number of nitrogens with zero attached hydrogens (tertiary/aromatic N) is 1. The Labute approximate surface area is 88.6 Å². The van der Waals surface area contributed by atoms with Crippen LogP contribution in [0.2, 0.25) is 0 Å². The highest BCUT2D eigenvalue weighted by Gasteiger charge is 1.97. The summed E-state index contributed by atoms with van der Waals surface area (Å²) in [5.41, 5.74) is 2.47. The number of esters is 1. The first kappa shape index (κ1) is 11.0. The minimum Gasteiger partial charge on any atom is -0.466 e. The van der Waals surface area contributed by atoms with E-state index in [9.17, 15) is 4.79 Å². The maximum Gasteiger partial charge on any atom is 0.330 e. The van der Waals surface area contributed by atoms with Gasteiger partial charge in [-0.15, -0.1) is 0 Å². The second kappa shape index (κ2) is 4.97. The Kier molecular flexibility index (Phi) is 3.64. The molecule has 0 heterocycles. The molecule has 1 aromatic rings. The third-order valence-electron chi connectivity index (χ3n) is 2.00. The summed E-state index contributed by atoms with van der Waals surface area (Å²) in [6, 6.07) is 7.34. The summed E-state index contributed by atoms with van der Waals surface area (Å²) in [6.07, 6.45) is 3.02. The van der Waals surface area contributed by atoms with E-state index in [1.165, 1.54) is 13.2 Å². The molecule has 0 saturated heterocycles. The van der Waals surface area contributed by atoms with Crippen molar-refractivity contribution in [3.8, 4) is 6.07 Å². The van der Waals surface area contributed by atoms with Gasteiger partial charge in [-0.05, 0) is 36.3 Å². The lowest BCUT2D eigenvalue weighted by Crippen LogP contribution is -1.93. The summed E-state index contributed by atoms with van der Waals surface area (Å²) < 4.78 is 4.48. The molecule has 0 unspecified atom stereocenters. The van der Waals surface area contributed by atoms with Crippen LogP contribution >= 0.6 is 0 Å². The van der Waals surface area contributed by atoms with Crippen LogP contribution < -0.4 is 0 Å². The summed E-state index contributed by atoms with van der Waals surface area (Å²) in [6.45, 7) is 1.89. The van der Waals surface area contributed by atoms with Crippen LogP contribution in [0.5, 0.6) is 0 Å². The molecule has 15 heavy (non-hydrogen) atoms. The standard InChI is InChI=1S/C12H11NO2/c1-9-7-10(8-13)3-4-11(9)5-6-12(14)15-2/h3-7H,1-2H3/b6-5+. The minimum absolute atomic E-state index is 0.390. The number of ether oxygens (including phenoxy) is 1. The highest BCUT2D eigenvalue weighted by atomic mass is 16.5. The first-order valence-corrected chi connectivity index (χ1v) is 4.44. The number of methoxy groups -OCH3 is 1. The van der Waals surface area contributed by atoms with Crippen molar-refractivity contribution in [2.75, 3.05) is 7.11 Å². The number of hydrogen-bond donors (Lipinski definition) is 0. The van der Waals surface area contributed by atoms with Crippen molar-refractivity contribution in [3.63, 3.8) is 0 Å². The van der Waals surface area contributed by atoms with Gasteiger partial charge in [0.05, 0.1) is 18.7 Å². The van der Waals surface area contributed by atoms with E-state index in [1.54, 1.807) is 24.3 Å². The fourth-order valence-electron chi connectivity index (χ4n) is 1.16. The van der Waals surface area contributed by atoms with Crippen molar-refractivity contribution >= 4 is 12.0 Å². The summed E-state index contributed by atoms with van der Waals surface area (Å²) in [5.74, 6) is -0.390. The summed E-state index contributed by atoms with van der Waals surface area (Å²) >= 11 is 0. The molecule has 1 rings (SSSR count). The molecule has 0 atom stereocenters. The minimum atomic E-state index is -0.390. The number of rotatable bonds is 2. The average Bonchev–Trinajstić information content (AvgIpc) is 2.26. The van der Waals surface area contributed by atoms with Crippen LogP contribution in [0.4, 0.5) is 0 Å². The Morgan fingerprint density at radius 2 is 2.27 bits per heavy atom. The van der Waals surface area contributed by atoms with Gasteiger partial charge in [-0.2, -0.15) is 5.26 Å². The number of nitriles is 1. The molecule has 0 bridgehead atoms. The zero-order valence-electron chi connectivity index (χ0n) is 8.65. The van der Waals surface area contributed by atoms with E-state index in [0.717, 1.165) is 11.1 Å². The normalized spacial score (nSPS) is 9.93. The van der Waals surface area contributed by atoms with Crippen molar-refractivity contribution in [1.82, 2.24) is 0 Å². The van der Waals surface area contributed by atoms with Gasteiger partial charge in [0, 0.05) is 6.08 Å². The van der Waals surface area contributed by atoms with Gasteiger partial charge in [-0.25, -0.2) is 4.79 Å². The topological polar surface area (TPSA) is 50.1 Å². The molecule has 76 valence electrons.